The third-order valence-electron chi connectivity index (χ3n) is 8.01. The highest BCUT2D eigenvalue weighted by molar-refractivity contribution is 6.36. The predicted octanol–water partition coefficient (Wildman–Crippen LogP) is 4.39. The Labute approximate surface area is 256 Å². The van der Waals surface area contributed by atoms with Crippen molar-refractivity contribution in [2.45, 2.75) is 36.8 Å². The maximum Gasteiger partial charge on any atom is 0.148 e. The molecule has 43 heavy (non-hydrogen) atoms. The van der Waals surface area contributed by atoms with E-state index in [9.17, 15) is 15.6 Å². The molecule has 11 heteroatoms. The molecule has 0 radical (unpaired) electrons. The summed E-state index contributed by atoms with van der Waals surface area (Å²) < 4.78 is 0. The number of anilines is 2. The highest BCUT2D eigenvalue weighted by Gasteiger charge is 2.38. The van der Waals surface area contributed by atoms with E-state index in [0.29, 0.717) is 50.9 Å². The van der Waals surface area contributed by atoms with Gasteiger partial charge in [0.1, 0.15) is 13.9 Å². The van der Waals surface area contributed by atoms with Crippen molar-refractivity contribution < 1.29 is 5.11 Å². The van der Waals surface area contributed by atoms with E-state index in [2.05, 4.69) is 49.9 Å². The molecule has 4 aromatic rings. The van der Waals surface area contributed by atoms with E-state index in [-0.39, 0.29) is 12.6 Å². The number of fused-ring (bicyclic) bond motifs is 1. The van der Waals surface area contributed by atoms with Gasteiger partial charge in [0, 0.05) is 36.1 Å². The number of halogens is 1. The molecule has 2 heterocycles. The van der Waals surface area contributed by atoms with Crippen molar-refractivity contribution in [1.29, 1.82) is 10.5 Å². The van der Waals surface area contributed by atoms with Crippen molar-refractivity contribution in [3.05, 3.63) is 112 Å². The molecule has 0 saturated heterocycles. The summed E-state index contributed by atoms with van der Waals surface area (Å²) in [6.45, 7) is -0.0286. The van der Waals surface area contributed by atoms with Gasteiger partial charge in [-0.1, -0.05) is 54.1 Å². The highest BCUT2D eigenvalue weighted by Crippen LogP contribution is 2.39. The van der Waals surface area contributed by atoms with Crippen LogP contribution in [0.2, 0.25) is 5.02 Å². The number of nitriles is 2. The number of hydrogen-bond acceptors (Lipinski definition) is 9. The molecule has 0 bridgehead atoms. The fourth-order valence-corrected chi connectivity index (χ4v) is 5.77. The number of hydrogen-bond donors (Lipinski definition) is 5. The average molecular weight is 589 g/mol. The molecule has 1 aliphatic carbocycles. The number of rotatable bonds is 10. The molecule has 0 spiro atoms. The van der Waals surface area contributed by atoms with E-state index in [1.807, 2.05) is 68.5 Å². The maximum absolute atomic E-state index is 10.1. The summed E-state index contributed by atoms with van der Waals surface area (Å²) in [5.74, 6) is 0. The monoisotopic (exact) mass is 588 g/mol. The number of aliphatic hydroxyl groups is 1. The summed E-state index contributed by atoms with van der Waals surface area (Å²) in [4.78, 5) is 4.52. The molecule has 0 amide bonds. The Bertz CT molecular complexity index is 1780. The van der Waals surface area contributed by atoms with Gasteiger partial charge in [-0.15, -0.1) is 5.53 Å². The fraction of sp³-hybridized carbons (Fsp3) is 0.219. The first-order valence-electron chi connectivity index (χ1n) is 14.2. The summed E-state index contributed by atoms with van der Waals surface area (Å²) in [5, 5.41) is 39.9. The Balaban J connectivity index is 1.45. The van der Waals surface area contributed by atoms with Crippen LogP contribution < -0.4 is 21.6 Å². The smallest absolute Gasteiger partial charge is 0.148 e. The van der Waals surface area contributed by atoms with Crippen molar-refractivity contribution in [1.82, 2.24) is 21.0 Å². The molecule has 2 aliphatic rings. The fourth-order valence-electron chi connectivity index (χ4n) is 5.50. The first-order valence-corrected chi connectivity index (χ1v) is 14.6. The molecule has 214 valence electrons. The van der Waals surface area contributed by atoms with Crippen LogP contribution in [0.5, 0.6) is 0 Å². The molecule has 3 aromatic carbocycles. The molecule has 5 N–H and O–H groups in total. The van der Waals surface area contributed by atoms with Crippen LogP contribution in [0.3, 0.4) is 0 Å². The summed E-state index contributed by atoms with van der Waals surface area (Å²) in [5.41, 5.74) is 11.3. The van der Waals surface area contributed by atoms with Crippen molar-refractivity contribution in [3.8, 4) is 12.1 Å². The van der Waals surface area contributed by atoms with Crippen molar-refractivity contribution in [2.75, 3.05) is 17.2 Å². The van der Waals surface area contributed by atoms with Crippen LogP contribution in [0, 0.1) is 22.7 Å². The Morgan fingerprint density at radius 3 is 2.65 bits per heavy atom. The second-order valence-corrected chi connectivity index (χ2v) is 11.4. The van der Waals surface area contributed by atoms with Crippen molar-refractivity contribution in [2.24, 2.45) is 0 Å². The van der Waals surface area contributed by atoms with Gasteiger partial charge in [-0.05, 0) is 54.7 Å². The van der Waals surface area contributed by atoms with Crippen LogP contribution in [-0.4, -0.2) is 35.6 Å². The minimum absolute atomic E-state index is 0.0286. The largest absolute Gasteiger partial charge is 0.396 e. The van der Waals surface area contributed by atoms with Gasteiger partial charge < -0.3 is 21.2 Å². The molecule has 1 aromatic heterocycles. The summed E-state index contributed by atoms with van der Waals surface area (Å²) in [7, 11) is 2.05. The third kappa shape index (κ3) is 5.69. The number of hydrazine groups is 2. The molecule has 1 fully saturated rings. The van der Waals surface area contributed by atoms with Gasteiger partial charge >= 0.3 is 0 Å². The Morgan fingerprint density at radius 2 is 1.93 bits per heavy atom. The third-order valence-corrected chi connectivity index (χ3v) is 8.30. The number of aliphatic hydroxyl groups excluding tert-OH is 1. The quantitative estimate of drug-likeness (QED) is 0.171. The highest BCUT2D eigenvalue weighted by atomic mass is 35.5. The van der Waals surface area contributed by atoms with E-state index in [4.69, 9.17) is 11.6 Å². The normalized spacial score (nSPS) is 16.4. The van der Waals surface area contributed by atoms with Crippen LogP contribution in [0.15, 0.2) is 84.8 Å². The van der Waals surface area contributed by atoms with Crippen molar-refractivity contribution >= 4 is 41.7 Å². The SMILES string of the molecule is B[C@@](Nc1cc(Cl)c2ncc(C#N)c(N[C@H](CCO)c3ccccc3)c2c1)(C1=CN(C2CC2)NN1)c1cccc(C#N)c1. The van der Waals surface area contributed by atoms with Crippen LogP contribution >= 0.6 is 11.6 Å². The zero-order valence-corrected chi connectivity index (χ0v) is 24.4. The van der Waals surface area contributed by atoms with Gasteiger partial charge in [0.15, 0.2) is 0 Å². The Kier molecular flexibility index (Phi) is 7.83. The van der Waals surface area contributed by atoms with E-state index < -0.39 is 5.44 Å². The molecule has 1 saturated carbocycles. The van der Waals surface area contributed by atoms with E-state index >= 15 is 0 Å². The van der Waals surface area contributed by atoms with Gasteiger partial charge in [-0.2, -0.15) is 10.5 Å². The molecule has 2 atom stereocenters. The van der Waals surface area contributed by atoms with Gasteiger partial charge in [-0.3, -0.25) is 9.99 Å². The first kappa shape index (κ1) is 28.4. The molecule has 6 rings (SSSR count). The lowest BCUT2D eigenvalue weighted by molar-refractivity contribution is 0.260. The zero-order valence-electron chi connectivity index (χ0n) is 23.6. The standard InChI is InChI=1S/C32H30BClN8O/c33-32(23-8-4-5-20(13-23)16-35,29-19-42(41-40-29)25-9-10-25)39-24-14-26-30(22(17-36)18-37-31(26)27(34)15-24)38-28(11-12-43)21-6-2-1-3-7-21/h1-8,13-15,18-19,25,28,39-41,43H,9-12,33H2,(H,37,38)/t28-,32+/m1/s1. The Morgan fingerprint density at radius 1 is 1.12 bits per heavy atom. The van der Waals surface area contributed by atoms with Gasteiger partial charge in [0.2, 0.25) is 0 Å². The molecule has 9 nitrogen and oxygen atoms in total. The maximum atomic E-state index is 10.1. The van der Waals surface area contributed by atoms with Gasteiger partial charge in [0.25, 0.3) is 0 Å². The van der Waals surface area contributed by atoms with E-state index in [1.54, 1.807) is 6.07 Å². The topological polar surface area (TPSA) is 132 Å². The van der Waals surface area contributed by atoms with Crippen LogP contribution in [0.1, 0.15) is 47.6 Å². The lowest BCUT2D eigenvalue weighted by Crippen LogP contribution is -2.45. The van der Waals surface area contributed by atoms with Crippen LogP contribution in [-0.2, 0) is 5.44 Å². The first-order chi connectivity index (χ1) is 20.9. The Hall–Kier alpha value is -4.74. The summed E-state index contributed by atoms with van der Waals surface area (Å²) >= 11 is 6.85. The number of benzene rings is 3. The van der Waals surface area contributed by atoms with E-state index in [1.165, 1.54) is 6.20 Å². The minimum Gasteiger partial charge on any atom is -0.396 e. The molecule has 0 unspecified atom stereocenters. The van der Waals surface area contributed by atoms with Gasteiger partial charge in [0.05, 0.1) is 50.6 Å². The predicted molar refractivity (Wildman–Crippen MR) is 170 cm³/mol. The molecule has 1 aliphatic heterocycles. The lowest BCUT2D eigenvalue weighted by Gasteiger charge is -2.34. The van der Waals surface area contributed by atoms with Crippen molar-refractivity contribution in [3.63, 3.8) is 0 Å². The molecular weight excluding hydrogens is 559 g/mol. The lowest BCUT2D eigenvalue weighted by atomic mass is 9.69. The van der Waals surface area contributed by atoms with E-state index in [0.717, 1.165) is 29.7 Å². The zero-order chi connectivity index (χ0) is 30.0. The number of pyridine rings is 1. The number of aromatic nitrogens is 1. The molecular formula is C32H30BClN8O. The minimum atomic E-state index is -0.794. The van der Waals surface area contributed by atoms with Crippen LogP contribution in [0.4, 0.5) is 11.4 Å². The number of nitrogens with zero attached hydrogens (tertiary/aromatic N) is 4. The second-order valence-electron chi connectivity index (χ2n) is 11.0. The summed E-state index contributed by atoms with van der Waals surface area (Å²) in [6.07, 6.45) is 6.28. The summed E-state index contributed by atoms with van der Waals surface area (Å²) in [6, 6.07) is 25.8. The average Bonchev–Trinajstić information content (AvgIpc) is 3.76. The second kappa shape index (κ2) is 11.9. The number of nitrogens with one attached hydrogen (secondary N) is 4. The van der Waals surface area contributed by atoms with Gasteiger partial charge in [-0.25, -0.2) is 0 Å². The van der Waals surface area contributed by atoms with Crippen LogP contribution in [0.25, 0.3) is 10.9 Å².